The van der Waals surface area contributed by atoms with E-state index in [0.717, 1.165) is 67.2 Å². The van der Waals surface area contributed by atoms with Gasteiger partial charge in [-0.05, 0) is 50.8 Å². The molecule has 2 fully saturated rings. The Morgan fingerprint density at radius 3 is 2.74 bits per heavy atom. The van der Waals surface area contributed by atoms with Crippen molar-refractivity contribution in [2.75, 3.05) is 25.4 Å². The Labute approximate surface area is 165 Å². The third-order valence-electron chi connectivity index (χ3n) is 5.38. The lowest BCUT2D eigenvalue weighted by atomic mass is 10.2. The number of ether oxygens (including phenoxy) is 1. The van der Waals surface area contributed by atoms with Crippen LogP contribution in [0.1, 0.15) is 39.0 Å². The summed E-state index contributed by atoms with van der Waals surface area (Å²) in [4.78, 5) is 5.11. The molecule has 2 aromatic rings. The normalized spacial score (nSPS) is 21.9. The lowest BCUT2D eigenvalue weighted by Gasteiger charge is -2.25. The number of thioether (sulfide) groups is 1. The molecule has 1 aromatic heterocycles. The zero-order chi connectivity index (χ0) is 18.9. The first kappa shape index (κ1) is 19.2. The van der Waals surface area contributed by atoms with Crippen LogP contribution in [-0.4, -0.2) is 53.8 Å². The SMILES string of the molecule is CCn1c(SCC2CCCO2)nc2cc(S(=O)(=O)N3CCCCC3)ccc21. The Kier molecular flexibility index (Phi) is 5.78. The fraction of sp³-hybridized carbons (Fsp3) is 0.632. The number of imidazole rings is 1. The van der Waals surface area contributed by atoms with E-state index in [2.05, 4.69) is 11.5 Å². The number of benzene rings is 1. The van der Waals surface area contributed by atoms with Crippen LogP contribution >= 0.6 is 11.8 Å². The smallest absolute Gasteiger partial charge is 0.243 e. The van der Waals surface area contributed by atoms with E-state index in [4.69, 9.17) is 9.72 Å². The molecule has 148 valence electrons. The highest BCUT2D eigenvalue weighted by atomic mass is 32.2. The Morgan fingerprint density at radius 1 is 1.22 bits per heavy atom. The van der Waals surface area contributed by atoms with Gasteiger partial charge in [0, 0.05) is 32.0 Å². The second kappa shape index (κ2) is 8.11. The molecule has 8 heteroatoms. The quantitative estimate of drug-likeness (QED) is 0.683. The van der Waals surface area contributed by atoms with Gasteiger partial charge in [0.25, 0.3) is 0 Å². The van der Waals surface area contributed by atoms with Gasteiger partial charge in [0.1, 0.15) is 0 Å². The van der Waals surface area contributed by atoms with Crippen molar-refractivity contribution in [3.8, 4) is 0 Å². The van der Waals surface area contributed by atoms with Crippen LogP contribution in [0.5, 0.6) is 0 Å². The maximum absolute atomic E-state index is 13.0. The van der Waals surface area contributed by atoms with Gasteiger partial charge in [-0.3, -0.25) is 0 Å². The number of piperidine rings is 1. The fourth-order valence-electron chi connectivity index (χ4n) is 3.86. The van der Waals surface area contributed by atoms with Gasteiger partial charge in [0.15, 0.2) is 5.16 Å². The van der Waals surface area contributed by atoms with Gasteiger partial charge in [-0.2, -0.15) is 4.31 Å². The number of aromatic nitrogens is 2. The molecule has 0 amide bonds. The molecular formula is C19H27N3O3S2. The molecule has 3 heterocycles. The maximum atomic E-state index is 13.0. The molecule has 1 unspecified atom stereocenters. The first-order valence-electron chi connectivity index (χ1n) is 9.84. The van der Waals surface area contributed by atoms with Crippen LogP contribution in [0.25, 0.3) is 11.0 Å². The highest BCUT2D eigenvalue weighted by Crippen LogP contribution is 2.29. The third-order valence-corrected chi connectivity index (χ3v) is 8.38. The second-order valence-corrected chi connectivity index (χ2v) is 10.1. The first-order chi connectivity index (χ1) is 13.1. The molecule has 2 aliphatic rings. The highest BCUT2D eigenvalue weighted by molar-refractivity contribution is 7.99. The Bertz CT molecular complexity index is 898. The van der Waals surface area contributed by atoms with Gasteiger partial charge in [0.05, 0.1) is 22.0 Å². The molecule has 2 aliphatic heterocycles. The molecular weight excluding hydrogens is 382 g/mol. The van der Waals surface area contributed by atoms with Crippen molar-refractivity contribution in [1.82, 2.24) is 13.9 Å². The van der Waals surface area contributed by atoms with Crippen LogP contribution in [0.15, 0.2) is 28.3 Å². The number of rotatable bonds is 6. The van der Waals surface area contributed by atoms with E-state index >= 15 is 0 Å². The van der Waals surface area contributed by atoms with E-state index in [1.165, 1.54) is 0 Å². The summed E-state index contributed by atoms with van der Waals surface area (Å²) in [5, 5.41) is 0.940. The maximum Gasteiger partial charge on any atom is 0.243 e. The van der Waals surface area contributed by atoms with E-state index in [0.29, 0.717) is 24.1 Å². The molecule has 4 rings (SSSR count). The minimum Gasteiger partial charge on any atom is -0.377 e. The van der Waals surface area contributed by atoms with Gasteiger partial charge in [-0.1, -0.05) is 18.2 Å². The van der Waals surface area contributed by atoms with Crippen LogP contribution in [0.2, 0.25) is 0 Å². The molecule has 0 spiro atoms. The molecule has 0 aliphatic carbocycles. The number of aryl methyl sites for hydroxylation is 1. The lowest BCUT2D eigenvalue weighted by molar-refractivity contribution is 0.129. The van der Waals surface area contributed by atoms with Crippen molar-refractivity contribution in [2.45, 2.75) is 61.7 Å². The third kappa shape index (κ3) is 3.90. The fourth-order valence-corrected chi connectivity index (χ4v) is 6.54. The molecule has 0 bridgehead atoms. The molecule has 0 radical (unpaired) electrons. The van der Waals surface area contributed by atoms with E-state index < -0.39 is 10.0 Å². The van der Waals surface area contributed by atoms with Crippen LogP contribution in [0.3, 0.4) is 0 Å². The second-order valence-electron chi connectivity index (χ2n) is 7.20. The monoisotopic (exact) mass is 409 g/mol. The Hall–Kier alpha value is -1.09. The Balaban J connectivity index is 1.61. The van der Waals surface area contributed by atoms with Gasteiger partial charge < -0.3 is 9.30 Å². The van der Waals surface area contributed by atoms with Crippen molar-refractivity contribution in [3.05, 3.63) is 18.2 Å². The molecule has 1 atom stereocenters. The van der Waals surface area contributed by atoms with Crippen LogP contribution in [0, 0.1) is 0 Å². The number of nitrogens with zero attached hydrogens (tertiary/aromatic N) is 3. The predicted octanol–water partition coefficient (Wildman–Crippen LogP) is 3.50. The standard InChI is InChI=1S/C19H27N3O3S2/c1-2-22-18-9-8-16(27(23,24)21-10-4-3-5-11-21)13-17(18)20-19(22)26-14-15-7-6-12-25-15/h8-9,13,15H,2-7,10-12,14H2,1H3. The van der Waals surface area contributed by atoms with Crippen molar-refractivity contribution < 1.29 is 13.2 Å². The van der Waals surface area contributed by atoms with Gasteiger partial charge >= 0.3 is 0 Å². The number of hydrogen-bond donors (Lipinski definition) is 0. The number of hydrogen-bond acceptors (Lipinski definition) is 5. The van der Waals surface area contributed by atoms with Crippen molar-refractivity contribution in [1.29, 1.82) is 0 Å². The summed E-state index contributed by atoms with van der Waals surface area (Å²) in [6.45, 7) is 4.99. The topological polar surface area (TPSA) is 64.4 Å². The van der Waals surface area contributed by atoms with Crippen LogP contribution < -0.4 is 0 Å². The predicted molar refractivity (Wildman–Crippen MR) is 108 cm³/mol. The number of sulfonamides is 1. The average molecular weight is 410 g/mol. The van der Waals surface area contributed by atoms with E-state index in [1.807, 2.05) is 6.07 Å². The zero-order valence-corrected chi connectivity index (χ0v) is 17.4. The van der Waals surface area contributed by atoms with Gasteiger partial charge in [-0.25, -0.2) is 13.4 Å². The molecule has 27 heavy (non-hydrogen) atoms. The summed E-state index contributed by atoms with van der Waals surface area (Å²) in [6, 6.07) is 5.37. The van der Waals surface area contributed by atoms with E-state index in [1.54, 1.807) is 28.2 Å². The van der Waals surface area contributed by atoms with Crippen LogP contribution in [0.4, 0.5) is 0 Å². The van der Waals surface area contributed by atoms with E-state index in [9.17, 15) is 8.42 Å². The van der Waals surface area contributed by atoms with Gasteiger partial charge in [-0.15, -0.1) is 0 Å². The summed E-state index contributed by atoms with van der Waals surface area (Å²) >= 11 is 1.70. The minimum atomic E-state index is -3.43. The highest BCUT2D eigenvalue weighted by Gasteiger charge is 2.27. The zero-order valence-electron chi connectivity index (χ0n) is 15.8. The lowest BCUT2D eigenvalue weighted by Crippen LogP contribution is -2.35. The van der Waals surface area contributed by atoms with Gasteiger partial charge in [0.2, 0.25) is 10.0 Å². The van der Waals surface area contributed by atoms with Crippen molar-refractivity contribution in [2.24, 2.45) is 0 Å². The number of fused-ring (bicyclic) bond motifs is 1. The first-order valence-corrected chi connectivity index (χ1v) is 12.3. The average Bonchev–Trinajstić information content (AvgIpc) is 3.33. The molecule has 0 saturated carbocycles. The summed E-state index contributed by atoms with van der Waals surface area (Å²) in [5.74, 6) is 0.891. The Morgan fingerprint density at radius 2 is 2.04 bits per heavy atom. The molecule has 0 N–H and O–H groups in total. The largest absolute Gasteiger partial charge is 0.377 e. The summed E-state index contributed by atoms with van der Waals surface area (Å²) in [7, 11) is -3.43. The minimum absolute atomic E-state index is 0.301. The molecule has 6 nitrogen and oxygen atoms in total. The van der Waals surface area contributed by atoms with E-state index in [-0.39, 0.29) is 0 Å². The summed E-state index contributed by atoms with van der Waals surface area (Å²) < 4.78 is 35.4. The van der Waals surface area contributed by atoms with Crippen molar-refractivity contribution in [3.63, 3.8) is 0 Å². The van der Waals surface area contributed by atoms with Crippen LogP contribution in [-0.2, 0) is 21.3 Å². The molecule has 1 aromatic carbocycles. The molecule has 2 saturated heterocycles. The summed E-state index contributed by atoms with van der Waals surface area (Å²) in [6.07, 6.45) is 5.53. The van der Waals surface area contributed by atoms with Crippen molar-refractivity contribution >= 4 is 32.8 Å². The summed E-state index contributed by atoms with van der Waals surface area (Å²) in [5.41, 5.74) is 1.75.